The average Bonchev–Trinajstić information content (AvgIpc) is 3.19. The molecule has 0 N–H and O–H groups in total. The second kappa shape index (κ2) is 6.39. The quantitative estimate of drug-likeness (QED) is 0.362. The van der Waals surface area contributed by atoms with Gasteiger partial charge in [0, 0.05) is 20.2 Å². The first-order valence-electron chi connectivity index (χ1n) is 8.04. The van der Waals surface area contributed by atoms with Crippen LogP contribution in [-0.2, 0) is 0 Å². The molecule has 118 valence electrons. The maximum Gasteiger partial charge on any atom is 0.0524 e. The fourth-order valence-electron chi connectivity index (χ4n) is 3.03. The minimum Gasteiger partial charge on any atom is -0.139 e. The van der Waals surface area contributed by atoms with Crippen LogP contribution in [0.2, 0.25) is 0 Å². The molecule has 0 aliphatic rings. The summed E-state index contributed by atoms with van der Waals surface area (Å²) in [5.74, 6) is 0. The van der Waals surface area contributed by atoms with Gasteiger partial charge in [-0.25, -0.2) is 0 Å². The monoisotopic (exact) mass is 346 g/mol. The van der Waals surface area contributed by atoms with Crippen molar-refractivity contribution in [1.82, 2.24) is 0 Å². The molecule has 0 amide bonds. The first-order chi connectivity index (χ1) is 11.7. The molecule has 0 saturated heterocycles. The lowest BCUT2D eigenvalue weighted by Gasteiger charge is -2.01. The predicted molar refractivity (Wildman–Crippen MR) is 108 cm³/mol. The van der Waals surface area contributed by atoms with Gasteiger partial charge in [-0.1, -0.05) is 60.7 Å². The Bertz CT molecular complexity index is 960. The Morgan fingerprint density at radius 2 is 1.21 bits per heavy atom. The summed E-state index contributed by atoms with van der Waals surface area (Å²) in [5.41, 5.74) is 5.29. The van der Waals surface area contributed by atoms with Gasteiger partial charge in [0.25, 0.3) is 0 Å². The van der Waals surface area contributed by atoms with Gasteiger partial charge in [0.05, 0.1) is 4.88 Å². The Morgan fingerprint density at radius 1 is 0.625 bits per heavy atom. The van der Waals surface area contributed by atoms with E-state index in [0.717, 1.165) is 0 Å². The smallest absolute Gasteiger partial charge is 0.0524 e. The second-order valence-corrected chi connectivity index (χ2v) is 8.43. The molecule has 0 fully saturated rings. The number of benzene rings is 2. The van der Waals surface area contributed by atoms with Crippen molar-refractivity contribution in [2.45, 2.75) is 13.8 Å². The van der Waals surface area contributed by atoms with Crippen LogP contribution >= 0.6 is 22.7 Å². The van der Waals surface area contributed by atoms with Gasteiger partial charge in [-0.3, -0.25) is 0 Å². The van der Waals surface area contributed by atoms with E-state index >= 15 is 0 Å². The van der Waals surface area contributed by atoms with Crippen LogP contribution in [0.5, 0.6) is 0 Å². The van der Waals surface area contributed by atoms with Crippen LogP contribution in [0, 0.1) is 13.8 Å². The van der Waals surface area contributed by atoms with Crippen LogP contribution < -0.4 is 0 Å². The van der Waals surface area contributed by atoms with E-state index in [-0.39, 0.29) is 0 Å². The van der Waals surface area contributed by atoms with E-state index in [1.54, 1.807) is 0 Å². The molecule has 0 nitrogen and oxygen atoms in total. The number of aryl methyl sites for hydroxylation is 2. The Hall–Kier alpha value is -2.16. The van der Waals surface area contributed by atoms with Gasteiger partial charge < -0.3 is 0 Å². The molecule has 0 aliphatic carbocycles. The molecule has 0 bridgehead atoms. The standard InChI is InChI=1S/C22H18S2/c1-15-13-20(18-11-7-4-8-12-18)22(23-15)21-14-19(16(2)24-21)17-9-5-3-6-10-17/h3-14H,1-2H3. The lowest BCUT2D eigenvalue weighted by Crippen LogP contribution is -1.76. The highest BCUT2D eigenvalue weighted by Gasteiger charge is 2.15. The molecule has 24 heavy (non-hydrogen) atoms. The Morgan fingerprint density at radius 3 is 1.83 bits per heavy atom. The number of thiophene rings is 2. The van der Waals surface area contributed by atoms with E-state index in [9.17, 15) is 0 Å². The van der Waals surface area contributed by atoms with Crippen molar-refractivity contribution < 1.29 is 0 Å². The van der Waals surface area contributed by atoms with Crippen LogP contribution in [0.3, 0.4) is 0 Å². The number of hydrogen-bond donors (Lipinski definition) is 0. The van der Waals surface area contributed by atoms with Crippen molar-refractivity contribution in [3.63, 3.8) is 0 Å². The van der Waals surface area contributed by atoms with Crippen LogP contribution in [0.1, 0.15) is 9.75 Å². The minimum absolute atomic E-state index is 1.30. The fourth-order valence-corrected chi connectivity index (χ4v) is 5.22. The van der Waals surface area contributed by atoms with Crippen molar-refractivity contribution in [2.75, 3.05) is 0 Å². The summed E-state index contributed by atoms with van der Waals surface area (Å²) in [6.45, 7) is 4.42. The Kier molecular flexibility index (Phi) is 4.09. The predicted octanol–water partition coefficient (Wildman–Crippen LogP) is 7.43. The highest BCUT2D eigenvalue weighted by Crippen LogP contribution is 2.44. The maximum atomic E-state index is 2.35. The van der Waals surface area contributed by atoms with Gasteiger partial charge in [0.2, 0.25) is 0 Å². The van der Waals surface area contributed by atoms with E-state index in [4.69, 9.17) is 0 Å². The van der Waals surface area contributed by atoms with Crippen molar-refractivity contribution in [2.24, 2.45) is 0 Å². The van der Waals surface area contributed by atoms with Gasteiger partial charge in [-0.05, 0) is 42.7 Å². The third kappa shape index (κ3) is 2.83. The topological polar surface area (TPSA) is 0 Å². The normalized spacial score (nSPS) is 10.9. The van der Waals surface area contributed by atoms with Crippen molar-refractivity contribution in [3.8, 4) is 32.0 Å². The molecular formula is C22H18S2. The molecule has 4 rings (SSSR count). The molecular weight excluding hydrogens is 328 g/mol. The SMILES string of the molecule is Cc1cc(-c2ccccc2)c(-c2cc(-c3ccccc3)c(C)s2)s1. The van der Waals surface area contributed by atoms with Crippen molar-refractivity contribution >= 4 is 22.7 Å². The van der Waals surface area contributed by atoms with E-state index in [0.29, 0.717) is 0 Å². The van der Waals surface area contributed by atoms with Gasteiger partial charge >= 0.3 is 0 Å². The first-order valence-corrected chi connectivity index (χ1v) is 9.68. The summed E-state index contributed by atoms with van der Waals surface area (Å²) in [5, 5.41) is 0. The number of rotatable bonds is 3. The Balaban J connectivity index is 1.84. The molecule has 0 unspecified atom stereocenters. The molecule has 0 radical (unpaired) electrons. The van der Waals surface area contributed by atoms with Crippen molar-refractivity contribution in [3.05, 3.63) is 82.6 Å². The summed E-state index contributed by atoms with van der Waals surface area (Å²) >= 11 is 3.78. The molecule has 0 saturated carbocycles. The van der Waals surface area contributed by atoms with Gasteiger partial charge in [0.1, 0.15) is 0 Å². The van der Waals surface area contributed by atoms with Crippen LogP contribution in [-0.4, -0.2) is 0 Å². The minimum atomic E-state index is 1.30. The zero-order chi connectivity index (χ0) is 16.5. The van der Waals surface area contributed by atoms with Gasteiger partial charge in [0.15, 0.2) is 0 Å². The molecule has 4 aromatic rings. The summed E-state index contributed by atoms with van der Waals surface area (Å²) in [4.78, 5) is 5.48. The zero-order valence-corrected chi connectivity index (χ0v) is 15.4. The van der Waals surface area contributed by atoms with Crippen LogP contribution in [0.4, 0.5) is 0 Å². The average molecular weight is 347 g/mol. The molecule has 2 heterocycles. The number of hydrogen-bond acceptors (Lipinski definition) is 2. The first kappa shape index (κ1) is 15.4. The molecule has 2 heteroatoms. The summed E-state index contributed by atoms with van der Waals surface area (Å²) < 4.78 is 0. The highest BCUT2D eigenvalue weighted by atomic mass is 32.1. The summed E-state index contributed by atoms with van der Waals surface area (Å²) in [7, 11) is 0. The van der Waals surface area contributed by atoms with E-state index < -0.39 is 0 Å². The lowest BCUT2D eigenvalue weighted by molar-refractivity contribution is 1.58. The highest BCUT2D eigenvalue weighted by molar-refractivity contribution is 7.22. The lowest BCUT2D eigenvalue weighted by atomic mass is 10.0. The Labute approximate surface area is 151 Å². The van der Waals surface area contributed by atoms with Gasteiger partial charge in [-0.15, -0.1) is 22.7 Å². The largest absolute Gasteiger partial charge is 0.139 e. The van der Waals surface area contributed by atoms with Crippen LogP contribution in [0.15, 0.2) is 72.8 Å². The molecule has 0 spiro atoms. The van der Waals surface area contributed by atoms with E-state index in [1.165, 1.54) is 41.8 Å². The fraction of sp³-hybridized carbons (Fsp3) is 0.0909. The van der Waals surface area contributed by atoms with Crippen molar-refractivity contribution in [1.29, 1.82) is 0 Å². The molecule has 0 aliphatic heterocycles. The second-order valence-electron chi connectivity index (χ2n) is 5.91. The third-order valence-electron chi connectivity index (χ3n) is 4.17. The summed E-state index contributed by atoms with van der Waals surface area (Å²) in [6, 6.07) is 26.0. The zero-order valence-electron chi connectivity index (χ0n) is 13.7. The van der Waals surface area contributed by atoms with E-state index in [2.05, 4.69) is 86.6 Å². The van der Waals surface area contributed by atoms with E-state index in [1.807, 2.05) is 22.7 Å². The molecule has 2 aromatic carbocycles. The molecule has 2 aromatic heterocycles. The van der Waals surface area contributed by atoms with Gasteiger partial charge in [-0.2, -0.15) is 0 Å². The summed E-state index contributed by atoms with van der Waals surface area (Å²) in [6.07, 6.45) is 0. The molecule has 0 atom stereocenters. The third-order valence-corrected chi connectivity index (χ3v) is 6.45. The van der Waals surface area contributed by atoms with Crippen LogP contribution in [0.25, 0.3) is 32.0 Å². The maximum absolute atomic E-state index is 2.35.